The highest BCUT2D eigenvalue weighted by molar-refractivity contribution is 6.62. The van der Waals surface area contributed by atoms with E-state index in [-0.39, 0.29) is 0 Å². The van der Waals surface area contributed by atoms with Crippen LogP contribution in [0.3, 0.4) is 0 Å². The van der Waals surface area contributed by atoms with Crippen LogP contribution in [0, 0.1) is 0 Å². The lowest BCUT2D eigenvalue weighted by Crippen LogP contribution is -2.56. The zero-order chi connectivity index (χ0) is 10.4. The van der Waals surface area contributed by atoms with Gasteiger partial charge in [-0.05, 0) is 32.5 Å². The minimum atomic E-state index is -2.02. The number of hydrogen-bond donors (Lipinski definition) is 0. The third kappa shape index (κ3) is 3.05. The average molecular weight is 217 g/mol. The highest BCUT2D eigenvalue weighted by atomic mass is 28.4. The first-order chi connectivity index (χ1) is 6.73. The molecule has 0 spiro atoms. The Balaban J connectivity index is 2.53. The lowest BCUT2D eigenvalue weighted by Gasteiger charge is -2.36. The standard InChI is InChI=1S/C10H23NO2Si/c1-12-14(3,13-2)11-9-7-5-4-6-8-10-11/h4-10H2,1-3H3. The van der Waals surface area contributed by atoms with Crippen LogP contribution in [0.4, 0.5) is 0 Å². The normalized spacial score (nSPS) is 21.6. The van der Waals surface area contributed by atoms with Crippen LogP contribution in [0.25, 0.3) is 0 Å². The maximum atomic E-state index is 5.57. The molecule has 0 atom stereocenters. The summed E-state index contributed by atoms with van der Waals surface area (Å²) < 4.78 is 13.6. The lowest BCUT2D eigenvalue weighted by molar-refractivity contribution is 0.162. The molecule has 0 aliphatic carbocycles. The molecule has 1 fully saturated rings. The van der Waals surface area contributed by atoms with Crippen molar-refractivity contribution in [1.29, 1.82) is 0 Å². The second-order valence-electron chi connectivity index (χ2n) is 4.06. The molecule has 84 valence electrons. The van der Waals surface area contributed by atoms with E-state index in [4.69, 9.17) is 8.85 Å². The van der Waals surface area contributed by atoms with Gasteiger partial charge in [-0.25, -0.2) is 0 Å². The predicted molar refractivity (Wildman–Crippen MR) is 60.3 cm³/mol. The van der Waals surface area contributed by atoms with Crippen LogP contribution in [-0.2, 0) is 8.85 Å². The quantitative estimate of drug-likeness (QED) is 0.676. The van der Waals surface area contributed by atoms with Gasteiger partial charge >= 0.3 is 8.72 Å². The Kier molecular flexibility index (Phi) is 5.09. The summed E-state index contributed by atoms with van der Waals surface area (Å²) in [5.74, 6) is 0. The fourth-order valence-electron chi connectivity index (χ4n) is 2.00. The van der Waals surface area contributed by atoms with Gasteiger partial charge in [-0.1, -0.05) is 19.3 Å². The van der Waals surface area contributed by atoms with E-state index in [1.807, 2.05) is 0 Å². The third-order valence-electron chi connectivity index (χ3n) is 3.19. The van der Waals surface area contributed by atoms with Crippen LogP contribution >= 0.6 is 0 Å². The largest absolute Gasteiger partial charge is 0.424 e. The fraction of sp³-hybridized carbons (Fsp3) is 1.00. The van der Waals surface area contributed by atoms with Crippen molar-refractivity contribution in [3.63, 3.8) is 0 Å². The van der Waals surface area contributed by atoms with Gasteiger partial charge in [0.15, 0.2) is 0 Å². The number of hydrogen-bond acceptors (Lipinski definition) is 3. The highest BCUT2D eigenvalue weighted by Crippen LogP contribution is 2.17. The van der Waals surface area contributed by atoms with Gasteiger partial charge in [-0.3, -0.25) is 4.57 Å². The molecule has 0 radical (unpaired) electrons. The molecule has 1 aliphatic heterocycles. The Morgan fingerprint density at radius 2 is 1.29 bits per heavy atom. The van der Waals surface area contributed by atoms with Crippen LogP contribution in [-0.4, -0.2) is 40.6 Å². The Bertz CT molecular complexity index is 154. The van der Waals surface area contributed by atoms with Crippen molar-refractivity contribution < 1.29 is 8.85 Å². The van der Waals surface area contributed by atoms with Gasteiger partial charge in [0.05, 0.1) is 0 Å². The summed E-state index contributed by atoms with van der Waals surface area (Å²) in [6.45, 7) is 4.42. The Labute approximate surface area is 88.7 Å². The number of rotatable bonds is 3. The molecule has 0 aromatic carbocycles. The first kappa shape index (κ1) is 12.2. The molecule has 0 aromatic heterocycles. The first-order valence-corrected chi connectivity index (χ1v) is 7.84. The molecule has 1 heterocycles. The summed E-state index contributed by atoms with van der Waals surface area (Å²) in [5.41, 5.74) is 0. The lowest BCUT2D eigenvalue weighted by atomic mass is 10.1. The first-order valence-electron chi connectivity index (χ1n) is 5.58. The van der Waals surface area contributed by atoms with Crippen molar-refractivity contribution in [2.75, 3.05) is 27.3 Å². The molecular formula is C10H23NO2Si. The van der Waals surface area contributed by atoms with E-state index in [1.165, 1.54) is 32.1 Å². The van der Waals surface area contributed by atoms with Crippen LogP contribution in [0.5, 0.6) is 0 Å². The van der Waals surface area contributed by atoms with Crippen molar-refractivity contribution >= 4 is 8.72 Å². The van der Waals surface area contributed by atoms with Crippen molar-refractivity contribution in [3.05, 3.63) is 0 Å². The summed E-state index contributed by atoms with van der Waals surface area (Å²) in [5, 5.41) is 0. The Morgan fingerprint density at radius 3 is 1.71 bits per heavy atom. The van der Waals surface area contributed by atoms with Crippen molar-refractivity contribution in [2.24, 2.45) is 0 Å². The number of nitrogens with zero attached hydrogens (tertiary/aromatic N) is 1. The van der Waals surface area contributed by atoms with Crippen LogP contribution in [0.15, 0.2) is 0 Å². The van der Waals surface area contributed by atoms with E-state index in [0.29, 0.717) is 0 Å². The molecule has 0 amide bonds. The van der Waals surface area contributed by atoms with E-state index in [2.05, 4.69) is 11.1 Å². The predicted octanol–water partition coefficient (Wildman–Crippen LogP) is 2.11. The van der Waals surface area contributed by atoms with Gasteiger partial charge in [-0.15, -0.1) is 0 Å². The topological polar surface area (TPSA) is 21.7 Å². The molecule has 0 aromatic rings. The van der Waals surface area contributed by atoms with Crippen molar-refractivity contribution in [3.8, 4) is 0 Å². The van der Waals surface area contributed by atoms with E-state index in [0.717, 1.165) is 13.1 Å². The van der Waals surface area contributed by atoms with Gasteiger partial charge in [0, 0.05) is 14.2 Å². The van der Waals surface area contributed by atoms with Crippen LogP contribution < -0.4 is 0 Å². The molecule has 1 saturated heterocycles. The fourth-order valence-corrected chi connectivity index (χ4v) is 3.81. The molecule has 1 rings (SSSR count). The maximum absolute atomic E-state index is 5.57. The van der Waals surface area contributed by atoms with E-state index >= 15 is 0 Å². The molecule has 0 N–H and O–H groups in total. The molecule has 14 heavy (non-hydrogen) atoms. The molecule has 4 heteroatoms. The second-order valence-corrected chi connectivity index (χ2v) is 7.31. The zero-order valence-corrected chi connectivity index (χ0v) is 10.7. The molecule has 0 saturated carbocycles. The van der Waals surface area contributed by atoms with E-state index < -0.39 is 8.72 Å². The van der Waals surface area contributed by atoms with E-state index in [9.17, 15) is 0 Å². The van der Waals surface area contributed by atoms with Gasteiger partial charge < -0.3 is 8.85 Å². The summed E-state index contributed by atoms with van der Waals surface area (Å²) in [6.07, 6.45) is 6.68. The van der Waals surface area contributed by atoms with Crippen LogP contribution in [0.2, 0.25) is 6.55 Å². The second kappa shape index (κ2) is 5.85. The molecule has 1 aliphatic rings. The van der Waals surface area contributed by atoms with Gasteiger partial charge in [0.1, 0.15) is 0 Å². The minimum absolute atomic E-state index is 1.14. The van der Waals surface area contributed by atoms with Crippen LogP contribution in [0.1, 0.15) is 32.1 Å². The summed E-state index contributed by atoms with van der Waals surface area (Å²) in [7, 11) is 1.53. The van der Waals surface area contributed by atoms with Gasteiger partial charge in [-0.2, -0.15) is 0 Å². The summed E-state index contributed by atoms with van der Waals surface area (Å²) in [4.78, 5) is 0. The average Bonchev–Trinajstić information content (AvgIpc) is 2.16. The van der Waals surface area contributed by atoms with Gasteiger partial charge in [0.2, 0.25) is 0 Å². The summed E-state index contributed by atoms with van der Waals surface area (Å²) in [6, 6.07) is 0. The monoisotopic (exact) mass is 217 g/mol. The molecular weight excluding hydrogens is 194 g/mol. The third-order valence-corrected chi connectivity index (χ3v) is 6.30. The SMILES string of the molecule is CO[Si](C)(OC)N1CCCCCCC1. The van der Waals surface area contributed by atoms with Crippen molar-refractivity contribution in [2.45, 2.75) is 38.7 Å². The highest BCUT2D eigenvalue weighted by Gasteiger charge is 2.37. The Hall–Kier alpha value is 0.0969. The zero-order valence-electron chi connectivity index (χ0n) is 9.71. The maximum Gasteiger partial charge on any atom is 0.424 e. The molecule has 0 bridgehead atoms. The van der Waals surface area contributed by atoms with Gasteiger partial charge in [0.25, 0.3) is 0 Å². The molecule has 3 nitrogen and oxygen atoms in total. The minimum Gasteiger partial charge on any atom is -0.386 e. The Morgan fingerprint density at radius 1 is 0.857 bits per heavy atom. The smallest absolute Gasteiger partial charge is 0.386 e. The summed E-state index contributed by atoms with van der Waals surface area (Å²) >= 11 is 0. The van der Waals surface area contributed by atoms with E-state index in [1.54, 1.807) is 14.2 Å². The molecule has 0 unspecified atom stereocenters. The van der Waals surface area contributed by atoms with Crippen molar-refractivity contribution in [1.82, 2.24) is 4.57 Å².